The van der Waals surface area contributed by atoms with E-state index in [-0.39, 0.29) is 18.2 Å². The SMILES string of the molecule is CNC(=O)c1cc(CNC(=O)OP(=O)(O)Oc2ccccc2)ccc1OCC1CCCCC1. The minimum atomic E-state index is -4.65. The predicted molar refractivity (Wildman–Crippen MR) is 122 cm³/mol. The molecule has 0 saturated heterocycles. The van der Waals surface area contributed by atoms with Crippen LogP contribution in [0.15, 0.2) is 48.5 Å². The highest BCUT2D eigenvalue weighted by Crippen LogP contribution is 2.43. The normalized spacial score (nSPS) is 15.7. The van der Waals surface area contributed by atoms with E-state index in [9.17, 15) is 19.0 Å². The van der Waals surface area contributed by atoms with Crippen molar-refractivity contribution in [1.29, 1.82) is 0 Å². The molecule has 2 amide bonds. The first kappa shape index (κ1) is 24.6. The fourth-order valence-electron chi connectivity index (χ4n) is 3.63. The smallest absolute Gasteiger partial charge is 0.492 e. The van der Waals surface area contributed by atoms with Crippen LogP contribution >= 0.6 is 7.82 Å². The first-order valence-electron chi connectivity index (χ1n) is 10.9. The van der Waals surface area contributed by atoms with Crippen LogP contribution in [0.5, 0.6) is 11.5 Å². The minimum absolute atomic E-state index is 0.0307. The van der Waals surface area contributed by atoms with Gasteiger partial charge in [0.15, 0.2) is 0 Å². The maximum absolute atomic E-state index is 12.3. The molecular weight excluding hydrogens is 447 g/mol. The molecule has 3 N–H and O–H groups in total. The van der Waals surface area contributed by atoms with Gasteiger partial charge in [-0.3, -0.25) is 9.69 Å². The topological polar surface area (TPSA) is 123 Å². The number of nitrogens with one attached hydrogen (secondary N) is 2. The highest BCUT2D eigenvalue weighted by atomic mass is 31.2. The van der Waals surface area contributed by atoms with Gasteiger partial charge in [0.05, 0.1) is 12.2 Å². The maximum atomic E-state index is 12.3. The van der Waals surface area contributed by atoms with E-state index in [0.717, 1.165) is 12.8 Å². The molecule has 3 rings (SSSR count). The highest BCUT2D eigenvalue weighted by Gasteiger charge is 2.28. The molecule has 10 heteroatoms. The first-order chi connectivity index (χ1) is 15.9. The Bertz CT molecular complexity index is 994. The van der Waals surface area contributed by atoms with E-state index < -0.39 is 13.9 Å². The molecule has 178 valence electrons. The van der Waals surface area contributed by atoms with Gasteiger partial charge in [-0.15, -0.1) is 0 Å². The summed E-state index contributed by atoms with van der Waals surface area (Å²) in [6.07, 6.45) is 4.79. The summed E-state index contributed by atoms with van der Waals surface area (Å²) >= 11 is 0. The summed E-state index contributed by atoms with van der Waals surface area (Å²) < 4.78 is 27.3. The average molecular weight is 476 g/mol. The molecule has 0 bridgehead atoms. The zero-order valence-corrected chi connectivity index (χ0v) is 19.4. The summed E-state index contributed by atoms with van der Waals surface area (Å²) in [6, 6.07) is 12.9. The molecule has 0 aromatic heterocycles. The molecule has 2 aromatic carbocycles. The lowest BCUT2D eigenvalue weighted by Crippen LogP contribution is -2.24. The third-order valence-electron chi connectivity index (χ3n) is 5.31. The Balaban J connectivity index is 1.57. The molecule has 0 aliphatic heterocycles. The van der Waals surface area contributed by atoms with Crippen molar-refractivity contribution in [2.45, 2.75) is 38.6 Å². The van der Waals surface area contributed by atoms with Gasteiger partial charge in [-0.05, 0) is 48.6 Å². The van der Waals surface area contributed by atoms with Gasteiger partial charge in [-0.25, -0.2) is 9.36 Å². The monoisotopic (exact) mass is 476 g/mol. The van der Waals surface area contributed by atoms with Gasteiger partial charge in [-0.1, -0.05) is 43.5 Å². The van der Waals surface area contributed by atoms with Crippen molar-refractivity contribution in [2.75, 3.05) is 13.7 Å². The molecule has 2 aromatic rings. The van der Waals surface area contributed by atoms with Crippen molar-refractivity contribution >= 4 is 19.8 Å². The molecule has 0 radical (unpaired) electrons. The van der Waals surface area contributed by atoms with Crippen LogP contribution in [0.2, 0.25) is 0 Å². The third kappa shape index (κ3) is 7.80. The molecule has 1 fully saturated rings. The largest absolute Gasteiger partial charge is 0.588 e. The molecule has 1 atom stereocenters. The van der Waals surface area contributed by atoms with E-state index in [2.05, 4.69) is 15.2 Å². The van der Waals surface area contributed by atoms with Crippen LogP contribution in [0.4, 0.5) is 4.79 Å². The van der Waals surface area contributed by atoms with Crippen LogP contribution in [0.3, 0.4) is 0 Å². The van der Waals surface area contributed by atoms with Gasteiger partial charge in [0.1, 0.15) is 11.5 Å². The minimum Gasteiger partial charge on any atom is -0.492 e. The van der Waals surface area contributed by atoms with Crippen molar-refractivity contribution in [3.63, 3.8) is 0 Å². The van der Waals surface area contributed by atoms with E-state index in [4.69, 9.17) is 9.26 Å². The van der Waals surface area contributed by atoms with Crippen LogP contribution in [0.1, 0.15) is 48.0 Å². The Morgan fingerprint density at radius 1 is 1.09 bits per heavy atom. The molecule has 1 aliphatic carbocycles. The number of benzene rings is 2. The summed E-state index contributed by atoms with van der Waals surface area (Å²) in [7, 11) is -3.12. The number of rotatable bonds is 9. The number of phosphoric acid groups is 1. The zero-order chi connectivity index (χ0) is 23.7. The number of ether oxygens (including phenoxy) is 1. The summed E-state index contributed by atoms with van der Waals surface area (Å²) in [5.74, 6) is 0.742. The fourth-order valence-corrected chi connectivity index (χ4v) is 4.33. The number of hydrogen-bond acceptors (Lipinski definition) is 6. The lowest BCUT2D eigenvalue weighted by molar-refractivity contribution is 0.0957. The number of amides is 2. The van der Waals surface area contributed by atoms with Crippen LogP contribution < -0.4 is 19.9 Å². The standard InChI is InChI=1S/C23H29N2O7P/c1-24-22(26)20-14-18(12-13-21(20)30-16-17-8-4-2-5-9-17)15-25-23(27)32-33(28,29)31-19-10-6-3-7-11-19/h3,6-7,10-14,17H,2,4-5,8-9,15-16H2,1H3,(H,24,26)(H,25,27)(H,28,29). The molecule has 9 nitrogen and oxygen atoms in total. The highest BCUT2D eigenvalue weighted by molar-refractivity contribution is 7.48. The summed E-state index contributed by atoms with van der Waals surface area (Å²) in [5.41, 5.74) is 0.938. The average Bonchev–Trinajstić information content (AvgIpc) is 2.81. The molecule has 0 spiro atoms. The Labute approximate surface area is 193 Å². The first-order valence-corrected chi connectivity index (χ1v) is 12.4. The third-order valence-corrected chi connectivity index (χ3v) is 6.15. The number of para-hydroxylation sites is 1. The second-order valence-electron chi connectivity index (χ2n) is 7.83. The van der Waals surface area contributed by atoms with Crippen LogP contribution in [0, 0.1) is 5.92 Å². The van der Waals surface area contributed by atoms with Crippen LogP contribution in [-0.2, 0) is 15.6 Å². The van der Waals surface area contributed by atoms with Crippen molar-refractivity contribution in [3.8, 4) is 11.5 Å². The number of hydrogen-bond donors (Lipinski definition) is 3. The molecule has 1 unspecified atom stereocenters. The Morgan fingerprint density at radius 3 is 2.52 bits per heavy atom. The van der Waals surface area contributed by atoms with Gasteiger partial charge in [0.25, 0.3) is 5.91 Å². The van der Waals surface area contributed by atoms with Gasteiger partial charge >= 0.3 is 13.9 Å². The second kappa shape index (κ2) is 11.7. The molecule has 0 heterocycles. The molecule has 33 heavy (non-hydrogen) atoms. The van der Waals surface area contributed by atoms with Crippen molar-refractivity contribution in [3.05, 3.63) is 59.7 Å². The predicted octanol–water partition coefficient (Wildman–Crippen LogP) is 4.41. The maximum Gasteiger partial charge on any atom is 0.588 e. The Hall–Kier alpha value is -3.03. The van der Waals surface area contributed by atoms with Crippen molar-refractivity contribution < 1.29 is 32.8 Å². The second-order valence-corrected chi connectivity index (χ2v) is 9.13. The number of carbonyl (C=O) groups is 2. The van der Waals surface area contributed by atoms with Gasteiger partial charge < -0.3 is 24.4 Å². The van der Waals surface area contributed by atoms with E-state index in [1.807, 2.05) is 0 Å². The van der Waals surface area contributed by atoms with Crippen LogP contribution in [-0.4, -0.2) is 30.5 Å². The molecular formula is C23H29N2O7P. The lowest BCUT2D eigenvalue weighted by Gasteiger charge is -2.22. The Kier molecular flexibility index (Phi) is 8.74. The van der Waals surface area contributed by atoms with Crippen molar-refractivity contribution in [2.24, 2.45) is 5.92 Å². The van der Waals surface area contributed by atoms with E-state index >= 15 is 0 Å². The quantitative estimate of drug-likeness (QED) is 0.458. The molecule has 1 aliphatic rings. The fraction of sp³-hybridized carbons (Fsp3) is 0.391. The lowest BCUT2D eigenvalue weighted by atomic mass is 9.90. The molecule has 1 saturated carbocycles. The van der Waals surface area contributed by atoms with E-state index in [1.165, 1.54) is 38.4 Å². The summed E-state index contributed by atoms with van der Waals surface area (Å²) in [6.45, 7) is 0.526. The van der Waals surface area contributed by atoms with E-state index in [1.54, 1.807) is 36.4 Å². The van der Waals surface area contributed by atoms with Gasteiger partial charge in [-0.2, -0.15) is 0 Å². The number of phosphoric ester groups is 1. The number of carbonyl (C=O) groups excluding carboxylic acids is 2. The van der Waals surface area contributed by atoms with Crippen LogP contribution in [0.25, 0.3) is 0 Å². The van der Waals surface area contributed by atoms with Crippen molar-refractivity contribution in [1.82, 2.24) is 10.6 Å². The van der Waals surface area contributed by atoms with Gasteiger partial charge in [0, 0.05) is 13.6 Å². The van der Waals surface area contributed by atoms with Gasteiger partial charge in [0.2, 0.25) is 0 Å². The summed E-state index contributed by atoms with van der Waals surface area (Å²) in [4.78, 5) is 34.1. The zero-order valence-electron chi connectivity index (χ0n) is 18.5. The van der Waals surface area contributed by atoms with E-state index in [0.29, 0.717) is 29.4 Å². The summed E-state index contributed by atoms with van der Waals surface area (Å²) in [5, 5.41) is 4.97. The Morgan fingerprint density at radius 2 is 1.82 bits per heavy atom.